The number of benzene rings is 3. The maximum Gasteiger partial charge on any atom is 0.134 e. The molecule has 0 aliphatic heterocycles. The molecule has 3 nitrogen and oxygen atoms in total. The van der Waals surface area contributed by atoms with E-state index in [0.29, 0.717) is 0 Å². The summed E-state index contributed by atoms with van der Waals surface area (Å²) in [5.41, 5.74) is 4.38. The van der Waals surface area contributed by atoms with Gasteiger partial charge in [-0.1, -0.05) is 54.1 Å². The number of hydrogen-bond acceptors (Lipinski definition) is 2. The number of rotatable bonds is 5. The molecule has 0 saturated carbocycles. The van der Waals surface area contributed by atoms with E-state index < -0.39 is 0 Å². The standard InChI is InChI=1S/C23H19ClN2O/c1-27-20-13-8-17(9-14-20)10-15-23-25-21-4-2-3-5-22(21)26(23)16-18-6-11-19(24)12-7-18/h2-15H,16H2,1H3/b15-10+. The summed E-state index contributed by atoms with van der Waals surface area (Å²) in [5, 5.41) is 0.744. The SMILES string of the molecule is COc1ccc(/C=C/c2nc3ccccc3n2Cc2ccc(Cl)cc2)cc1. The summed E-state index contributed by atoms with van der Waals surface area (Å²) >= 11 is 6.02. The Bertz CT molecular complexity index is 1080. The summed E-state index contributed by atoms with van der Waals surface area (Å²) in [6.07, 6.45) is 4.12. The number of hydrogen-bond donors (Lipinski definition) is 0. The Hall–Kier alpha value is -3.04. The zero-order valence-corrected chi connectivity index (χ0v) is 15.7. The summed E-state index contributed by atoms with van der Waals surface area (Å²) in [6, 6.07) is 24.1. The van der Waals surface area contributed by atoms with Gasteiger partial charge in [0.05, 0.1) is 18.1 Å². The third-order valence-electron chi connectivity index (χ3n) is 4.48. The van der Waals surface area contributed by atoms with E-state index in [2.05, 4.69) is 22.8 Å². The summed E-state index contributed by atoms with van der Waals surface area (Å²) in [6.45, 7) is 0.736. The highest BCUT2D eigenvalue weighted by atomic mass is 35.5. The summed E-state index contributed by atoms with van der Waals surface area (Å²) < 4.78 is 7.44. The van der Waals surface area contributed by atoms with E-state index in [1.54, 1.807) is 7.11 Å². The molecule has 1 aromatic heterocycles. The molecule has 0 bridgehead atoms. The number of imidazole rings is 1. The first-order valence-electron chi connectivity index (χ1n) is 8.75. The van der Waals surface area contributed by atoms with Gasteiger partial charge in [0, 0.05) is 11.6 Å². The van der Waals surface area contributed by atoms with Crippen LogP contribution in [0.2, 0.25) is 5.02 Å². The Balaban J connectivity index is 1.70. The molecule has 1 heterocycles. The molecule has 0 unspecified atom stereocenters. The zero-order valence-electron chi connectivity index (χ0n) is 15.0. The molecule has 0 fully saturated rings. The first-order valence-corrected chi connectivity index (χ1v) is 9.12. The summed E-state index contributed by atoms with van der Waals surface area (Å²) in [5.74, 6) is 1.77. The molecule has 4 aromatic rings. The molecule has 0 aliphatic rings. The number of halogens is 1. The van der Waals surface area contributed by atoms with Crippen LogP contribution in [0.1, 0.15) is 17.0 Å². The fourth-order valence-corrected chi connectivity index (χ4v) is 3.17. The number of ether oxygens (including phenoxy) is 1. The number of fused-ring (bicyclic) bond motifs is 1. The lowest BCUT2D eigenvalue weighted by molar-refractivity contribution is 0.415. The van der Waals surface area contributed by atoms with Gasteiger partial charge in [-0.2, -0.15) is 0 Å². The second-order valence-electron chi connectivity index (χ2n) is 6.28. The Morgan fingerprint density at radius 2 is 1.67 bits per heavy atom. The fourth-order valence-electron chi connectivity index (χ4n) is 3.05. The van der Waals surface area contributed by atoms with Crippen molar-refractivity contribution in [1.82, 2.24) is 9.55 Å². The molecular formula is C23H19ClN2O. The van der Waals surface area contributed by atoms with Crippen molar-refractivity contribution in [2.75, 3.05) is 7.11 Å². The summed E-state index contributed by atoms with van der Waals surface area (Å²) in [4.78, 5) is 4.80. The van der Waals surface area contributed by atoms with Crippen LogP contribution in [0.3, 0.4) is 0 Å². The molecule has 0 atom stereocenters. The van der Waals surface area contributed by atoms with E-state index in [9.17, 15) is 0 Å². The van der Waals surface area contributed by atoms with Gasteiger partial charge in [0.15, 0.2) is 0 Å². The van der Waals surface area contributed by atoms with Crippen LogP contribution in [0, 0.1) is 0 Å². The van der Waals surface area contributed by atoms with Gasteiger partial charge >= 0.3 is 0 Å². The van der Waals surface area contributed by atoms with Crippen molar-refractivity contribution in [3.8, 4) is 5.75 Å². The van der Waals surface area contributed by atoms with Crippen LogP contribution in [-0.4, -0.2) is 16.7 Å². The molecule has 3 aromatic carbocycles. The van der Waals surface area contributed by atoms with Crippen molar-refractivity contribution < 1.29 is 4.74 Å². The van der Waals surface area contributed by atoms with Gasteiger partial charge in [-0.3, -0.25) is 0 Å². The maximum atomic E-state index is 6.02. The molecule has 0 amide bonds. The molecule has 4 rings (SSSR count). The highest BCUT2D eigenvalue weighted by Crippen LogP contribution is 2.21. The first-order chi connectivity index (χ1) is 13.2. The quantitative estimate of drug-likeness (QED) is 0.433. The number of nitrogens with zero attached hydrogens (tertiary/aromatic N) is 2. The molecule has 0 radical (unpaired) electrons. The van der Waals surface area contributed by atoms with Crippen LogP contribution in [0.5, 0.6) is 5.75 Å². The largest absolute Gasteiger partial charge is 0.497 e. The lowest BCUT2D eigenvalue weighted by atomic mass is 10.2. The predicted octanol–water partition coefficient (Wildman–Crippen LogP) is 5.92. The van der Waals surface area contributed by atoms with Crippen molar-refractivity contribution in [2.24, 2.45) is 0 Å². The van der Waals surface area contributed by atoms with Crippen LogP contribution < -0.4 is 4.74 Å². The second kappa shape index (κ2) is 7.68. The first kappa shape index (κ1) is 17.4. The van der Waals surface area contributed by atoms with Gasteiger partial charge in [-0.15, -0.1) is 0 Å². The molecule has 0 spiro atoms. The Morgan fingerprint density at radius 3 is 2.41 bits per heavy atom. The smallest absolute Gasteiger partial charge is 0.134 e. The monoisotopic (exact) mass is 374 g/mol. The van der Waals surface area contributed by atoms with Crippen molar-refractivity contribution in [3.05, 3.63) is 94.8 Å². The zero-order chi connectivity index (χ0) is 18.6. The van der Waals surface area contributed by atoms with Gasteiger partial charge in [0.2, 0.25) is 0 Å². The molecule has 0 N–H and O–H groups in total. The average molecular weight is 375 g/mol. The molecule has 134 valence electrons. The van der Waals surface area contributed by atoms with Gasteiger partial charge in [0.1, 0.15) is 11.6 Å². The Labute approximate surface area is 163 Å². The maximum absolute atomic E-state index is 6.02. The van der Waals surface area contributed by atoms with Crippen molar-refractivity contribution in [1.29, 1.82) is 0 Å². The Kier molecular flexibility index (Phi) is 4.95. The molecule has 0 aliphatic carbocycles. The van der Waals surface area contributed by atoms with Gasteiger partial charge in [-0.05, 0) is 53.6 Å². The highest BCUT2D eigenvalue weighted by Gasteiger charge is 2.09. The predicted molar refractivity (Wildman–Crippen MR) is 112 cm³/mol. The van der Waals surface area contributed by atoms with Crippen molar-refractivity contribution >= 4 is 34.8 Å². The molecule has 27 heavy (non-hydrogen) atoms. The van der Waals surface area contributed by atoms with Crippen molar-refractivity contribution in [2.45, 2.75) is 6.54 Å². The lowest BCUT2D eigenvalue weighted by Crippen LogP contribution is -2.02. The topological polar surface area (TPSA) is 27.1 Å². The van der Waals surface area contributed by atoms with E-state index in [1.807, 2.05) is 66.7 Å². The number of aromatic nitrogens is 2. The minimum atomic E-state index is 0.736. The van der Waals surface area contributed by atoms with Gasteiger partial charge in [-0.25, -0.2) is 4.98 Å². The van der Waals surface area contributed by atoms with Crippen LogP contribution in [0.4, 0.5) is 0 Å². The van der Waals surface area contributed by atoms with E-state index in [1.165, 1.54) is 5.56 Å². The van der Waals surface area contributed by atoms with Crippen LogP contribution in [-0.2, 0) is 6.54 Å². The fraction of sp³-hybridized carbons (Fsp3) is 0.0870. The number of methoxy groups -OCH3 is 1. The molecule has 0 saturated heterocycles. The van der Waals surface area contributed by atoms with Crippen LogP contribution >= 0.6 is 11.6 Å². The number of para-hydroxylation sites is 2. The second-order valence-corrected chi connectivity index (χ2v) is 6.71. The lowest BCUT2D eigenvalue weighted by Gasteiger charge is -2.08. The minimum absolute atomic E-state index is 0.736. The van der Waals surface area contributed by atoms with Gasteiger partial charge in [0.25, 0.3) is 0 Å². The third kappa shape index (κ3) is 3.88. The van der Waals surface area contributed by atoms with Crippen LogP contribution in [0.15, 0.2) is 72.8 Å². The summed E-state index contributed by atoms with van der Waals surface area (Å²) in [7, 11) is 1.67. The molecule has 4 heteroatoms. The third-order valence-corrected chi connectivity index (χ3v) is 4.73. The van der Waals surface area contributed by atoms with Crippen LogP contribution in [0.25, 0.3) is 23.2 Å². The van der Waals surface area contributed by atoms with E-state index >= 15 is 0 Å². The van der Waals surface area contributed by atoms with E-state index in [0.717, 1.165) is 39.7 Å². The highest BCUT2D eigenvalue weighted by molar-refractivity contribution is 6.30. The van der Waals surface area contributed by atoms with E-state index in [-0.39, 0.29) is 0 Å². The molecular weight excluding hydrogens is 356 g/mol. The Morgan fingerprint density at radius 1 is 0.926 bits per heavy atom. The minimum Gasteiger partial charge on any atom is -0.497 e. The normalized spacial score (nSPS) is 11.3. The van der Waals surface area contributed by atoms with E-state index in [4.69, 9.17) is 21.3 Å². The van der Waals surface area contributed by atoms with Gasteiger partial charge < -0.3 is 9.30 Å². The average Bonchev–Trinajstić information content (AvgIpc) is 3.06. The van der Waals surface area contributed by atoms with Crippen molar-refractivity contribution in [3.63, 3.8) is 0 Å².